The fourth-order valence-corrected chi connectivity index (χ4v) is 0.548. The molecule has 0 rings (SSSR count). The normalized spacial score (nSPS) is 11.3. The number of hydrogen-bond donors (Lipinski definition) is 4. The molecule has 0 bridgehead atoms. The predicted octanol–water partition coefficient (Wildman–Crippen LogP) is 0.606. The molecule has 5 heteroatoms. The van der Waals surface area contributed by atoms with Gasteiger partial charge in [0.15, 0.2) is 0 Å². The Morgan fingerprint density at radius 2 is 2.00 bits per heavy atom. The van der Waals surface area contributed by atoms with Crippen LogP contribution in [0.5, 0.6) is 0 Å². The quantitative estimate of drug-likeness (QED) is 0.361. The molecule has 0 aromatic heterocycles. The van der Waals surface area contributed by atoms with Gasteiger partial charge >= 0.3 is 5.97 Å². The van der Waals surface area contributed by atoms with Crippen LogP contribution >= 0.6 is 0 Å². The second-order valence-electron chi connectivity index (χ2n) is 2.09. The monoisotopic (exact) mass is 165 g/mol. The van der Waals surface area contributed by atoms with Crippen molar-refractivity contribution in [2.75, 3.05) is 0 Å². The third-order valence-corrected chi connectivity index (χ3v) is 1.19. The summed E-state index contributed by atoms with van der Waals surface area (Å²) in [6.07, 6.45) is 2.49. The first-order valence-corrected chi connectivity index (χ1v) is 3.37. The molecule has 0 heterocycles. The highest BCUT2D eigenvalue weighted by Crippen LogP contribution is 1.96. The van der Waals surface area contributed by atoms with Crippen molar-refractivity contribution in [1.29, 1.82) is 0 Å². The molecular weight excluding hydrogens is 150 g/mol. The van der Waals surface area contributed by atoms with Gasteiger partial charge in [0.1, 0.15) is 6.04 Å². The summed E-state index contributed by atoms with van der Waals surface area (Å²) in [7, 11) is 0. The molecule has 0 radical (unpaired) electrons. The number of hydrogen-bond acceptors (Lipinski definition) is 4. The van der Waals surface area contributed by atoms with Gasteiger partial charge in [-0.25, -0.2) is 0 Å². The topological polar surface area (TPSA) is 104 Å². The van der Waals surface area contributed by atoms with Crippen LogP contribution in [0.1, 0.15) is 26.2 Å². The Labute approximate surface area is 65.4 Å². The molecule has 0 aliphatic carbocycles. The Morgan fingerprint density at radius 3 is 2.27 bits per heavy atom. The molecule has 5 N–H and O–H groups in total. The molecule has 0 spiro atoms. The summed E-state index contributed by atoms with van der Waals surface area (Å²) in [6.45, 7) is 2.01. The van der Waals surface area contributed by atoms with E-state index in [0.717, 1.165) is 12.8 Å². The Kier molecular flexibility index (Phi) is 11.0. The zero-order chi connectivity index (χ0) is 9.28. The van der Waals surface area contributed by atoms with Crippen molar-refractivity contribution < 1.29 is 20.4 Å². The van der Waals surface area contributed by atoms with Crippen LogP contribution in [-0.2, 0) is 4.79 Å². The first-order valence-electron chi connectivity index (χ1n) is 3.37. The smallest absolute Gasteiger partial charge is 0.320 e. The predicted molar refractivity (Wildman–Crippen MR) is 40.4 cm³/mol. The lowest BCUT2D eigenvalue weighted by molar-refractivity contribution is -0.176. The van der Waals surface area contributed by atoms with Gasteiger partial charge in [0.05, 0.1) is 0 Å². The summed E-state index contributed by atoms with van der Waals surface area (Å²) >= 11 is 0. The molecule has 0 saturated heterocycles. The molecule has 11 heavy (non-hydrogen) atoms. The van der Waals surface area contributed by atoms with Crippen LogP contribution in [0.3, 0.4) is 0 Å². The minimum atomic E-state index is -0.900. The molecule has 0 aliphatic rings. The van der Waals surface area contributed by atoms with Gasteiger partial charge in [0.25, 0.3) is 0 Å². The van der Waals surface area contributed by atoms with Crippen LogP contribution in [0.2, 0.25) is 0 Å². The molecule has 1 atom stereocenters. The van der Waals surface area contributed by atoms with Gasteiger partial charge in [-0.3, -0.25) is 15.3 Å². The van der Waals surface area contributed by atoms with E-state index in [1.165, 1.54) is 0 Å². The average Bonchev–Trinajstić information content (AvgIpc) is 2.03. The first-order chi connectivity index (χ1) is 5.18. The van der Waals surface area contributed by atoms with Crippen LogP contribution in [-0.4, -0.2) is 27.6 Å². The fourth-order valence-electron chi connectivity index (χ4n) is 0.548. The lowest BCUT2D eigenvalue weighted by atomic mass is 10.1. The minimum Gasteiger partial charge on any atom is -0.480 e. The molecule has 0 saturated carbocycles. The van der Waals surface area contributed by atoms with Gasteiger partial charge in [-0.1, -0.05) is 19.8 Å². The lowest BCUT2D eigenvalue weighted by Gasteiger charge is -2.02. The third-order valence-electron chi connectivity index (χ3n) is 1.19. The molecule has 5 nitrogen and oxygen atoms in total. The second kappa shape index (κ2) is 9.35. The zero-order valence-corrected chi connectivity index (χ0v) is 6.53. The maximum absolute atomic E-state index is 10.1. The van der Waals surface area contributed by atoms with Crippen LogP contribution in [0.4, 0.5) is 0 Å². The van der Waals surface area contributed by atoms with E-state index in [0.29, 0.717) is 6.42 Å². The van der Waals surface area contributed by atoms with E-state index in [9.17, 15) is 4.79 Å². The van der Waals surface area contributed by atoms with Crippen molar-refractivity contribution in [1.82, 2.24) is 0 Å². The van der Waals surface area contributed by atoms with Crippen molar-refractivity contribution >= 4 is 5.97 Å². The van der Waals surface area contributed by atoms with Crippen LogP contribution in [0.15, 0.2) is 0 Å². The second-order valence-corrected chi connectivity index (χ2v) is 2.09. The van der Waals surface area contributed by atoms with E-state index in [1.807, 2.05) is 6.92 Å². The Bertz CT molecular complexity index is 96.6. The van der Waals surface area contributed by atoms with Crippen molar-refractivity contribution in [3.8, 4) is 0 Å². The molecule has 68 valence electrons. The molecule has 0 aromatic carbocycles. The molecule has 0 aromatic rings. The number of rotatable bonds is 4. The van der Waals surface area contributed by atoms with E-state index >= 15 is 0 Å². The van der Waals surface area contributed by atoms with Crippen LogP contribution in [0.25, 0.3) is 0 Å². The highest BCUT2D eigenvalue weighted by Gasteiger charge is 2.08. The molecule has 0 fully saturated rings. The molecule has 0 unspecified atom stereocenters. The number of unbranched alkanes of at least 4 members (excludes halogenated alkanes) is 1. The summed E-state index contributed by atoms with van der Waals surface area (Å²) in [5.41, 5.74) is 5.20. The van der Waals surface area contributed by atoms with E-state index in [1.54, 1.807) is 0 Å². The Hall–Kier alpha value is -0.650. The summed E-state index contributed by atoms with van der Waals surface area (Å²) in [6, 6.07) is -0.662. The van der Waals surface area contributed by atoms with Gasteiger partial charge < -0.3 is 10.8 Å². The van der Waals surface area contributed by atoms with E-state index in [-0.39, 0.29) is 0 Å². The number of nitrogens with two attached hydrogens (primary N) is 1. The maximum atomic E-state index is 10.1. The molecular formula is C6H15NO4. The summed E-state index contributed by atoms with van der Waals surface area (Å²) in [5.74, 6) is -0.900. The van der Waals surface area contributed by atoms with Crippen molar-refractivity contribution in [2.24, 2.45) is 5.73 Å². The van der Waals surface area contributed by atoms with Gasteiger partial charge in [0.2, 0.25) is 0 Å². The van der Waals surface area contributed by atoms with Crippen molar-refractivity contribution in [3.63, 3.8) is 0 Å². The zero-order valence-electron chi connectivity index (χ0n) is 6.53. The van der Waals surface area contributed by atoms with Crippen molar-refractivity contribution in [3.05, 3.63) is 0 Å². The standard InChI is InChI=1S/C6H13NO2.H2O2/c1-2-3-4-5(7)6(8)9;1-2/h5H,2-4,7H2,1H3,(H,8,9);1-2H/t5-;/m0./s1. The Balaban J connectivity index is 0. The summed E-state index contributed by atoms with van der Waals surface area (Å²) in [4.78, 5) is 10.1. The van der Waals surface area contributed by atoms with Crippen LogP contribution < -0.4 is 5.73 Å². The minimum absolute atomic E-state index is 0.589. The first kappa shape index (κ1) is 13.0. The summed E-state index contributed by atoms with van der Waals surface area (Å²) < 4.78 is 0. The maximum Gasteiger partial charge on any atom is 0.320 e. The van der Waals surface area contributed by atoms with E-state index < -0.39 is 12.0 Å². The highest BCUT2D eigenvalue weighted by molar-refractivity contribution is 5.72. The van der Waals surface area contributed by atoms with Crippen molar-refractivity contribution in [2.45, 2.75) is 32.2 Å². The molecule has 0 amide bonds. The van der Waals surface area contributed by atoms with Crippen LogP contribution in [0, 0.1) is 0 Å². The Morgan fingerprint density at radius 1 is 1.55 bits per heavy atom. The average molecular weight is 165 g/mol. The highest BCUT2D eigenvalue weighted by atomic mass is 17.0. The lowest BCUT2D eigenvalue weighted by Crippen LogP contribution is -2.29. The SMILES string of the molecule is CCCC[C@H](N)C(=O)O.OO. The fraction of sp³-hybridized carbons (Fsp3) is 0.833. The largest absolute Gasteiger partial charge is 0.480 e. The van der Waals surface area contributed by atoms with E-state index in [2.05, 4.69) is 0 Å². The van der Waals surface area contributed by atoms with Gasteiger partial charge in [-0.2, -0.15) is 0 Å². The molecule has 0 aliphatic heterocycles. The third kappa shape index (κ3) is 9.35. The van der Waals surface area contributed by atoms with Gasteiger partial charge in [-0.05, 0) is 6.42 Å². The number of carbonyl (C=O) groups is 1. The van der Waals surface area contributed by atoms with Gasteiger partial charge in [0, 0.05) is 0 Å². The van der Waals surface area contributed by atoms with Gasteiger partial charge in [-0.15, -0.1) is 0 Å². The van der Waals surface area contributed by atoms with E-state index in [4.69, 9.17) is 21.4 Å². The number of carboxylic acids is 1. The number of aliphatic carboxylic acids is 1. The number of carboxylic acid groups (broad SMARTS) is 1. The summed E-state index contributed by atoms with van der Waals surface area (Å²) in [5, 5.41) is 20.3.